The van der Waals surface area contributed by atoms with Crippen LogP contribution in [0.2, 0.25) is 0 Å². The molecule has 0 heterocycles. The maximum Gasteiger partial charge on any atom is 0.239 e. The predicted octanol–water partition coefficient (Wildman–Crippen LogP) is 3.88. The summed E-state index contributed by atoms with van der Waals surface area (Å²) in [4.78, 5) is 16.3. The van der Waals surface area contributed by atoms with Gasteiger partial charge in [0.05, 0.1) is 19.2 Å². The van der Waals surface area contributed by atoms with Crippen molar-refractivity contribution in [1.29, 1.82) is 0 Å². The molecule has 7 heteroatoms. The van der Waals surface area contributed by atoms with Gasteiger partial charge in [-0.05, 0) is 36.1 Å². The minimum absolute atomic E-state index is 0. The van der Waals surface area contributed by atoms with Crippen LogP contribution in [-0.4, -0.2) is 32.1 Å². The molecule has 0 aliphatic rings. The first-order chi connectivity index (χ1) is 14.0. The molecule has 1 atom stereocenters. The van der Waals surface area contributed by atoms with E-state index < -0.39 is 0 Å². The van der Waals surface area contributed by atoms with E-state index in [9.17, 15) is 4.79 Å². The number of hydrogen-bond donors (Lipinski definition) is 3. The molecule has 0 saturated heterocycles. The summed E-state index contributed by atoms with van der Waals surface area (Å²) >= 11 is 0. The summed E-state index contributed by atoms with van der Waals surface area (Å²) in [5, 5.41) is 9.24. The van der Waals surface area contributed by atoms with Gasteiger partial charge in [-0.15, -0.1) is 24.0 Å². The van der Waals surface area contributed by atoms with Crippen LogP contribution in [-0.2, 0) is 11.3 Å². The quantitative estimate of drug-likeness (QED) is 0.265. The Balaban J connectivity index is 0.00000450. The highest BCUT2D eigenvalue weighted by Gasteiger charge is 2.09. The number of halogens is 1. The van der Waals surface area contributed by atoms with Crippen molar-refractivity contribution in [3.05, 3.63) is 65.7 Å². The molecule has 0 aliphatic heterocycles. The van der Waals surface area contributed by atoms with Gasteiger partial charge < -0.3 is 20.7 Å². The molecule has 2 rings (SSSR count). The van der Waals surface area contributed by atoms with Crippen LogP contribution in [0.25, 0.3) is 0 Å². The fraction of sp³-hybridized carbons (Fsp3) is 0.391. The van der Waals surface area contributed by atoms with Crippen LogP contribution in [0.4, 0.5) is 0 Å². The fourth-order valence-electron chi connectivity index (χ4n) is 2.62. The Kier molecular flexibility index (Phi) is 11.9. The second-order valence-electron chi connectivity index (χ2n) is 7.33. The van der Waals surface area contributed by atoms with Gasteiger partial charge in [-0.1, -0.05) is 56.3 Å². The summed E-state index contributed by atoms with van der Waals surface area (Å²) in [5.74, 6) is 1.85. The number of guanidine groups is 1. The maximum atomic E-state index is 12.1. The van der Waals surface area contributed by atoms with Crippen molar-refractivity contribution in [2.24, 2.45) is 10.9 Å². The number of carbonyl (C=O) groups excluding carboxylic acids is 1. The molecule has 30 heavy (non-hydrogen) atoms. The lowest BCUT2D eigenvalue weighted by molar-refractivity contribution is -0.120. The molecule has 0 fully saturated rings. The van der Waals surface area contributed by atoms with Crippen molar-refractivity contribution in [2.45, 2.75) is 33.4 Å². The molecule has 6 nitrogen and oxygen atoms in total. The average molecular weight is 524 g/mol. The average Bonchev–Trinajstić information content (AvgIpc) is 2.74. The van der Waals surface area contributed by atoms with E-state index >= 15 is 0 Å². The summed E-state index contributed by atoms with van der Waals surface area (Å²) < 4.78 is 5.72. The molecule has 164 valence electrons. The lowest BCUT2D eigenvalue weighted by atomic mass is 10.1. The second-order valence-corrected chi connectivity index (χ2v) is 7.33. The zero-order valence-electron chi connectivity index (χ0n) is 18.1. The Morgan fingerprint density at radius 2 is 1.67 bits per heavy atom. The fourth-order valence-corrected chi connectivity index (χ4v) is 2.62. The van der Waals surface area contributed by atoms with Gasteiger partial charge in [0.2, 0.25) is 5.91 Å². The number of nitrogens with zero attached hydrogens (tertiary/aromatic N) is 1. The zero-order valence-corrected chi connectivity index (χ0v) is 20.5. The molecule has 3 N–H and O–H groups in total. The van der Waals surface area contributed by atoms with Crippen molar-refractivity contribution in [3.8, 4) is 5.75 Å². The number of aliphatic imine (C=N–C) groups is 1. The third-order valence-corrected chi connectivity index (χ3v) is 4.29. The molecule has 0 bridgehead atoms. The summed E-state index contributed by atoms with van der Waals surface area (Å²) in [6.07, 6.45) is 0. The Hall–Kier alpha value is -2.29. The highest BCUT2D eigenvalue weighted by Crippen LogP contribution is 2.18. The second kappa shape index (κ2) is 13.8. The minimum atomic E-state index is -0.0869. The lowest BCUT2D eigenvalue weighted by Crippen LogP contribution is -2.43. The van der Waals surface area contributed by atoms with Crippen molar-refractivity contribution < 1.29 is 9.53 Å². The van der Waals surface area contributed by atoms with Crippen molar-refractivity contribution in [1.82, 2.24) is 16.0 Å². The normalized spacial score (nSPS) is 12.0. The van der Waals surface area contributed by atoms with Gasteiger partial charge in [-0.25, -0.2) is 0 Å². The standard InChI is InChI=1S/C23H32N4O2.HI/c1-17(2)16-29-21-12-10-20(11-13-21)18(3)27-23(24-4)26-15-22(28)25-14-19-8-6-5-7-9-19;/h5-13,17-18H,14-16H2,1-4H3,(H,25,28)(H2,24,26,27);1H. The number of nitrogens with one attached hydrogen (secondary N) is 3. The smallest absolute Gasteiger partial charge is 0.239 e. The monoisotopic (exact) mass is 524 g/mol. The van der Waals surface area contributed by atoms with Gasteiger partial charge in [0.25, 0.3) is 0 Å². The van der Waals surface area contributed by atoms with Crippen molar-refractivity contribution in [3.63, 3.8) is 0 Å². The molecular formula is C23H33IN4O2. The number of carbonyl (C=O) groups is 1. The van der Waals surface area contributed by atoms with Gasteiger partial charge in [0, 0.05) is 13.6 Å². The van der Waals surface area contributed by atoms with E-state index in [4.69, 9.17) is 4.74 Å². The Labute approximate surface area is 196 Å². The van der Waals surface area contributed by atoms with E-state index in [0.29, 0.717) is 25.0 Å². The van der Waals surface area contributed by atoms with E-state index in [-0.39, 0.29) is 42.5 Å². The van der Waals surface area contributed by atoms with E-state index in [1.165, 1.54) is 0 Å². The molecule has 0 radical (unpaired) electrons. The topological polar surface area (TPSA) is 74.8 Å². The van der Waals surface area contributed by atoms with Crippen LogP contribution in [0.5, 0.6) is 5.75 Å². The molecule has 2 aromatic rings. The van der Waals surface area contributed by atoms with E-state index in [0.717, 1.165) is 16.9 Å². The first-order valence-electron chi connectivity index (χ1n) is 9.98. The molecule has 2 aromatic carbocycles. The first-order valence-corrected chi connectivity index (χ1v) is 9.98. The van der Waals surface area contributed by atoms with Gasteiger partial charge >= 0.3 is 0 Å². The summed E-state index contributed by atoms with van der Waals surface area (Å²) in [6, 6.07) is 17.9. The number of ether oxygens (including phenoxy) is 1. The zero-order chi connectivity index (χ0) is 21.1. The highest BCUT2D eigenvalue weighted by molar-refractivity contribution is 14.0. The van der Waals surface area contributed by atoms with Crippen LogP contribution in [0.15, 0.2) is 59.6 Å². The van der Waals surface area contributed by atoms with Gasteiger partial charge in [0.15, 0.2) is 5.96 Å². The first kappa shape index (κ1) is 25.7. The van der Waals surface area contributed by atoms with Crippen LogP contribution < -0.4 is 20.7 Å². The van der Waals surface area contributed by atoms with Gasteiger partial charge in [-0.2, -0.15) is 0 Å². The largest absolute Gasteiger partial charge is 0.493 e. The van der Waals surface area contributed by atoms with Crippen LogP contribution >= 0.6 is 24.0 Å². The molecular weight excluding hydrogens is 491 g/mol. The molecule has 0 aliphatic carbocycles. The van der Waals surface area contributed by atoms with Crippen molar-refractivity contribution in [2.75, 3.05) is 20.2 Å². The minimum Gasteiger partial charge on any atom is -0.493 e. The Morgan fingerprint density at radius 3 is 2.27 bits per heavy atom. The number of amides is 1. The number of benzene rings is 2. The summed E-state index contributed by atoms with van der Waals surface area (Å²) in [7, 11) is 1.69. The maximum absolute atomic E-state index is 12.1. The Bertz CT molecular complexity index is 780. The number of rotatable bonds is 9. The summed E-state index contributed by atoms with van der Waals surface area (Å²) in [6.45, 7) is 7.67. The molecule has 1 amide bonds. The Morgan fingerprint density at radius 1 is 1.00 bits per heavy atom. The van der Waals surface area contributed by atoms with E-state index in [1.807, 2.05) is 61.5 Å². The molecule has 1 unspecified atom stereocenters. The van der Waals surface area contributed by atoms with Crippen LogP contribution in [0.1, 0.15) is 37.9 Å². The third-order valence-electron chi connectivity index (χ3n) is 4.29. The van der Waals surface area contributed by atoms with Gasteiger partial charge in [0.1, 0.15) is 5.75 Å². The number of hydrogen-bond acceptors (Lipinski definition) is 3. The van der Waals surface area contributed by atoms with E-state index in [1.54, 1.807) is 7.05 Å². The van der Waals surface area contributed by atoms with Crippen molar-refractivity contribution >= 4 is 35.8 Å². The highest BCUT2D eigenvalue weighted by atomic mass is 127. The third kappa shape index (κ3) is 9.47. The van der Waals surface area contributed by atoms with Crippen LogP contribution in [0, 0.1) is 5.92 Å². The molecule has 0 aromatic heterocycles. The lowest BCUT2D eigenvalue weighted by Gasteiger charge is -2.18. The van der Waals surface area contributed by atoms with E-state index in [2.05, 4.69) is 34.8 Å². The molecule has 0 spiro atoms. The van der Waals surface area contributed by atoms with Crippen LogP contribution in [0.3, 0.4) is 0 Å². The SMILES string of the molecule is CN=C(NCC(=O)NCc1ccccc1)NC(C)c1ccc(OCC(C)C)cc1.I. The summed E-state index contributed by atoms with van der Waals surface area (Å²) in [5.41, 5.74) is 2.18. The molecule has 0 saturated carbocycles. The van der Waals surface area contributed by atoms with Gasteiger partial charge in [-0.3, -0.25) is 9.79 Å². The predicted molar refractivity (Wildman–Crippen MR) is 133 cm³/mol.